The van der Waals surface area contributed by atoms with Gasteiger partial charge in [0, 0.05) is 22.3 Å². The molecule has 4 nitrogen and oxygen atoms in total. The predicted molar refractivity (Wildman–Crippen MR) is 107 cm³/mol. The molecule has 0 spiro atoms. The molecule has 0 unspecified atom stereocenters. The highest BCUT2D eigenvalue weighted by atomic mass is 32.2. The number of piperidine rings is 1. The van der Waals surface area contributed by atoms with Crippen LogP contribution < -0.4 is 0 Å². The Morgan fingerprint density at radius 3 is 2.48 bits per heavy atom. The Bertz CT molecular complexity index is 792. The highest BCUT2D eigenvalue weighted by molar-refractivity contribution is 8.00. The summed E-state index contributed by atoms with van der Waals surface area (Å²) in [7, 11) is 0. The lowest BCUT2D eigenvalue weighted by molar-refractivity contribution is -0.136. The Morgan fingerprint density at radius 2 is 1.84 bits per heavy atom. The van der Waals surface area contributed by atoms with Gasteiger partial charge < -0.3 is 4.90 Å². The molecule has 0 aromatic carbocycles. The zero-order valence-electron chi connectivity index (χ0n) is 15.9. The van der Waals surface area contributed by atoms with Crippen LogP contribution in [-0.2, 0) is 4.79 Å². The van der Waals surface area contributed by atoms with Gasteiger partial charge in [-0.2, -0.15) is 0 Å². The molecule has 3 heterocycles. The van der Waals surface area contributed by atoms with Crippen molar-refractivity contribution in [2.45, 2.75) is 83.2 Å². The van der Waals surface area contributed by atoms with Crippen LogP contribution in [0.1, 0.15) is 56.3 Å². The first-order valence-corrected chi connectivity index (χ1v) is 10.7. The molecule has 1 fully saturated rings. The summed E-state index contributed by atoms with van der Waals surface area (Å²) in [5.41, 5.74) is 1.24. The number of hydrogen-bond acceptors (Lipinski definition) is 5. The second-order valence-corrected chi connectivity index (χ2v) is 9.71. The lowest BCUT2D eigenvalue weighted by Gasteiger charge is -2.40. The molecule has 0 aliphatic carbocycles. The molecule has 1 saturated heterocycles. The number of hydrogen-bond donors (Lipinski definition) is 0. The molecule has 2 aromatic heterocycles. The molecule has 1 amide bonds. The quantitative estimate of drug-likeness (QED) is 0.564. The van der Waals surface area contributed by atoms with Gasteiger partial charge in [-0.15, -0.1) is 11.3 Å². The fourth-order valence-electron chi connectivity index (χ4n) is 3.68. The van der Waals surface area contributed by atoms with E-state index in [9.17, 15) is 4.79 Å². The Kier molecular flexibility index (Phi) is 5.40. The van der Waals surface area contributed by atoms with Crippen molar-refractivity contribution in [3.63, 3.8) is 0 Å². The fraction of sp³-hybridized carbons (Fsp3) is 0.632. The molecule has 0 saturated carbocycles. The van der Waals surface area contributed by atoms with Crippen molar-refractivity contribution in [3.8, 4) is 0 Å². The number of thioether (sulfide) groups is 1. The maximum absolute atomic E-state index is 13.1. The zero-order valence-corrected chi connectivity index (χ0v) is 17.6. The van der Waals surface area contributed by atoms with E-state index in [0.29, 0.717) is 12.1 Å². The van der Waals surface area contributed by atoms with Crippen LogP contribution >= 0.6 is 23.1 Å². The van der Waals surface area contributed by atoms with Gasteiger partial charge in [0.15, 0.2) is 0 Å². The third-order valence-electron chi connectivity index (χ3n) is 5.19. The first-order chi connectivity index (χ1) is 11.8. The Hall–Kier alpha value is -1.14. The van der Waals surface area contributed by atoms with Crippen molar-refractivity contribution in [2.24, 2.45) is 0 Å². The van der Waals surface area contributed by atoms with Crippen LogP contribution in [0.4, 0.5) is 0 Å². The molecule has 3 rings (SSSR count). The van der Waals surface area contributed by atoms with E-state index in [4.69, 9.17) is 0 Å². The highest BCUT2D eigenvalue weighted by Crippen LogP contribution is 2.37. The normalized spacial score (nSPS) is 22.4. The van der Waals surface area contributed by atoms with E-state index in [-0.39, 0.29) is 11.2 Å². The SMILES string of the molecule is Cc1nc(S[C@@H](C)C(=O)N2[C@@H](C)CCC[C@@H]2C)c2c(C)c(C)sc2n1. The third kappa shape index (κ3) is 3.56. The molecule has 1 aliphatic rings. The summed E-state index contributed by atoms with van der Waals surface area (Å²) < 4.78 is 0. The third-order valence-corrected chi connectivity index (χ3v) is 7.37. The second-order valence-electron chi connectivity index (χ2n) is 7.17. The number of aromatic nitrogens is 2. The Balaban J connectivity index is 1.89. The van der Waals surface area contributed by atoms with Crippen molar-refractivity contribution in [2.75, 3.05) is 0 Å². The summed E-state index contributed by atoms with van der Waals surface area (Å²) in [6, 6.07) is 0.660. The van der Waals surface area contributed by atoms with Gasteiger partial charge in [-0.05, 0) is 66.4 Å². The second kappa shape index (κ2) is 7.23. The Labute approximate surface area is 158 Å². The summed E-state index contributed by atoms with van der Waals surface area (Å²) in [5, 5.41) is 1.93. The lowest BCUT2D eigenvalue weighted by atomic mass is 9.97. The summed E-state index contributed by atoms with van der Waals surface area (Å²) in [6.45, 7) is 12.5. The van der Waals surface area contributed by atoms with Crippen LogP contribution in [0.5, 0.6) is 0 Å². The number of thiophene rings is 1. The summed E-state index contributed by atoms with van der Waals surface area (Å²) >= 11 is 3.30. The Morgan fingerprint density at radius 1 is 1.20 bits per heavy atom. The van der Waals surface area contributed by atoms with E-state index < -0.39 is 0 Å². The van der Waals surface area contributed by atoms with Crippen LogP contribution in [-0.4, -0.2) is 38.1 Å². The van der Waals surface area contributed by atoms with Gasteiger partial charge in [0.2, 0.25) is 5.91 Å². The molecular formula is C19H27N3OS2. The van der Waals surface area contributed by atoms with Gasteiger partial charge in [-0.3, -0.25) is 4.79 Å². The molecule has 2 aromatic rings. The van der Waals surface area contributed by atoms with E-state index in [0.717, 1.165) is 33.9 Å². The topological polar surface area (TPSA) is 46.1 Å². The van der Waals surface area contributed by atoms with Crippen molar-refractivity contribution >= 4 is 39.2 Å². The average Bonchev–Trinajstić information content (AvgIpc) is 2.81. The van der Waals surface area contributed by atoms with Gasteiger partial charge in [-0.25, -0.2) is 9.97 Å². The summed E-state index contributed by atoms with van der Waals surface area (Å²) in [6.07, 6.45) is 3.42. The fourth-order valence-corrected chi connectivity index (χ4v) is 5.93. The zero-order chi connectivity index (χ0) is 18.3. The average molecular weight is 378 g/mol. The molecule has 0 bridgehead atoms. The minimum atomic E-state index is -0.139. The van der Waals surface area contributed by atoms with Crippen LogP contribution in [0.25, 0.3) is 10.2 Å². The molecule has 25 heavy (non-hydrogen) atoms. The van der Waals surface area contributed by atoms with Gasteiger partial charge >= 0.3 is 0 Å². The molecule has 136 valence electrons. The van der Waals surface area contributed by atoms with Crippen molar-refractivity contribution in [1.29, 1.82) is 0 Å². The van der Waals surface area contributed by atoms with Crippen LogP contribution in [0, 0.1) is 20.8 Å². The lowest BCUT2D eigenvalue weighted by Crippen LogP contribution is -2.50. The number of rotatable bonds is 3. The minimum absolute atomic E-state index is 0.139. The standard InChI is InChI=1S/C19H27N3OS2/c1-10-8-7-9-11(2)22(10)19(23)14(5)25-18-16-12(3)13(4)24-17(16)20-15(6)21-18/h10-11,14H,7-9H2,1-6H3/t10-,11-,14-/m0/s1. The first kappa shape index (κ1) is 18.6. The van der Waals surface area contributed by atoms with E-state index >= 15 is 0 Å². The summed E-state index contributed by atoms with van der Waals surface area (Å²) in [4.78, 5) is 26.7. The van der Waals surface area contributed by atoms with Gasteiger partial charge in [-0.1, -0.05) is 11.8 Å². The van der Waals surface area contributed by atoms with Gasteiger partial charge in [0.05, 0.1) is 5.25 Å². The number of carbonyl (C=O) groups is 1. The van der Waals surface area contributed by atoms with Gasteiger partial charge in [0.1, 0.15) is 15.7 Å². The van der Waals surface area contributed by atoms with E-state index in [1.54, 1.807) is 23.1 Å². The largest absolute Gasteiger partial charge is 0.336 e. The molecule has 1 aliphatic heterocycles. The highest BCUT2D eigenvalue weighted by Gasteiger charge is 2.32. The van der Waals surface area contributed by atoms with Crippen molar-refractivity contribution in [1.82, 2.24) is 14.9 Å². The van der Waals surface area contributed by atoms with Crippen molar-refractivity contribution < 1.29 is 4.79 Å². The smallest absolute Gasteiger partial charge is 0.236 e. The number of fused-ring (bicyclic) bond motifs is 1. The first-order valence-electron chi connectivity index (χ1n) is 9.02. The van der Waals surface area contributed by atoms with E-state index in [1.807, 2.05) is 13.8 Å². The molecular weight excluding hydrogens is 350 g/mol. The predicted octanol–water partition coefficient (Wildman–Crippen LogP) is 4.89. The van der Waals surface area contributed by atoms with E-state index in [2.05, 4.69) is 42.6 Å². The molecule has 0 radical (unpaired) electrons. The number of amides is 1. The monoisotopic (exact) mass is 377 g/mol. The van der Waals surface area contributed by atoms with Gasteiger partial charge in [0.25, 0.3) is 0 Å². The minimum Gasteiger partial charge on any atom is -0.336 e. The summed E-state index contributed by atoms with van der Waals surface area (Å²) in [5.74, 6) is 1.01. The van der Waals surface area contributed by atoms with Crippen LogP contribution in [0.3, 0.4) is 0 Å². The number of likely N-dealkylation sites (tertiary alicyclic amines) is 1. The maximum Gasteiger partial charge on any atom is 0.236 e. The van der Waals surface area contributed by atoms with Crippen LogP contribution in [0.2, 0.25) is 0 Å². The maximum atomic E-state index is 13.1. The molecule has 6 heteroatoms. The molecule has 3 atom stereocenters. The molecule has 0 N–H and O–H groups in total. The van der Waals surface area contributed by atoms with Crippen molar-refractivity contribution in [3.05, 3.63) is 16.3 Å². The van der Waals surface area contributed by atoms with E-state index in [1.165, 1.54) is 16.9 Å². The number of aryl methyl sites for hydroxylation is 3. The number of carbonyl (C=O) groups excluding carboxylic acids is 1. The number of nitrogens with zero attached hydrogens (tertiary/aromatic N) is 3. The van der Waals surface area contributed by atoms with Crippen LogP contribution in [0.15, 0.2) is 5.03 Å².